The van der Waals surface area contributed by atoms with Crippen molar-refractivity contribution in [2.24, 2.45) is 11.8 Å². The molecule has 0 bridgehead atoms. The van der Waals surface area contributed by atoms with E-state index in [1.54, 1.807) is 24.3 Å². The Labute approximate surface area is 169 Å². The number of piperidine rings is 1. The summed E-state index contributed by atoms with van der Waals surface area (Å²) in [4.78, 5) is 12.3. The summed E-state index contributed by atoms with van der Waals surface area (Å²) in [5.41, 5.74) is 1.20. The molecule has 1 fully saturated rings. The molecule has 27 heavy (non-hydrogen) atoms. The zero-order valence-electron chi connectivity index (χ0n) is 16.2. The van der Waals surface area contributed by atoms with Crippen molar-refractivity contribution in [1.29, 1.82) is 0 Å². The van der Waals surface area contributed by atoms with Crippen LogP contribution in [-0.4, -0.2) is 33.2 Å². The Morgan fingerprint density at radius 2 is 1.93 bits per heavy atom. The Morgan fingerprint density at radius 3 is 2.52 bits per heavy atom. The average Bonchev–Trinajstić information content (AvgIpc) is 2.62. The van der Waals surface area contributed by atoms with Crippen molar-refractivity contribution in [1.82, 2.24) is 5.32 Å². The molecule has 6 nitrogen and oxygen atoms in total. The summed E-state index contributed by atoms with van der Waals surface area (Å²) in [6.07, 6.45) is 4.32. The third-order valence-electron chi connectivity index (χ3n) is 4.86. The molecule has 1 amide bonds. The minimum Gasteiger partial charge on any atom is -0.326 e. The molecule has 1 aromatic carbocycles. The van der Waals surface area contributed by atoms with E-state index in [1.165, 1.54) is 12.8 Å². The number of carbonyl (C=O) groups is 1. The van der Waals surface area contributed by atoms with Crippen molar-refractivity contribution in [2.75, 3.05) is 28.9 Å². The Kier molecular flexibility index (Phi) is 10.1. The first-order chi connectivity index (χ1) is 12.4. The number of sulfonamides is 1. The minimum atomic E-state index is -3.30. The number of hydrogen-bond donors (Lipinski definition) is 3. The molecule has 154 valence electrons. The fourth-order valence-corrected chi connectivity index (χ4v) is 4.49. The van der Waals surface area contributed by atoms with E-state index in [-0.39, 0.29) is 24.1 Å². The van der Waals surface area contributed by atoms with E-state index in [0.29, 0.717) is 36.1 Å². The van der Waals surface area contributed by atoms with Crippen LogP contribution in [0.2, 0.25) is 0 Å². The van der Waals surface area contributed by atoms with Crippen molar-refractivity contribution >= 4 is 39.7 Å². The Morgan fingerprint density at radius 1 is 1.26 bits per heavy atom. The number of carbonyl (C=O) groups excluding carboxylic acids is 1. The van der Waals surface area contributed by atoms with Crippen LogP contribution in [0.5, 0.6) is 0 Å². The largest absolute Gasteiger partial charge is 0.326 e. The molecule has 1 aliphatic heterocycles. The van der Waals surface area contributed by atoms with E-state index in [1.807, 2.05) is 6.92 Å². The highest BCUT2D eigenvalue weighted by molar-refractivity contribution is 7.92. The first kappa shape index (κ1) is 23.7. The Hall–Kier alpha value is -1.31. The van der Waals surface area contributed by atoms with Crippen LogP contribution < -0.4 is 15.4 Å². The monoisotopic (exact) mass is 417 g/mol. The van der Waals surface area contributed by atoms with Crippen LogP contribution in [0.15, 0.2) is 24.3 Å². The maximum Gasteiger partial charge on any atom is 0.232 e. The van der Waals surface area contributed by atoms with E-state index in [0.717, 1.165) is 19.5 Å². The van der Waals surface area contributed by atoms with Crippen molar-refractivity contribution < 1.29 is 13.2 Å². The molecule has 2 unspecified atom stereocenters. The smallest absolute Gasteiger partial charge is 0.232 e. The van der Waals surface area contributed by atoms with Gasteiger partial charge in [0.1, 0.15) is 0 Å². The van der Waals surface area contributed by atoms with Gasteiger partial charge in [-0.25, -0.2) is 8.42 Å². The van der Waals surface area contributed by atoms with Crippen molar-refractivity contribution in [3.63, 3.8) is 0 Å². The minimum absolute atomic E-state index is 0. The second-order valence-electron chi connectivity index (χ2n) is 7.19. The van der Waals surface area contributed by atoms with E-state index in [4.69, 9.17) is 0 Å². The summed E-state index contributed by atoms with van der Waals surface area (Å²) in [6.45, 7) is 6.15. The number of anilines is 2. The standard InChI is InChI=1S/C19H31N3O3S.ClH/c1-3-4-12-26(24,25)22-18-9-7-17(8-10-18)21-19(23)13-15(2)16-6-5-11-20-14-16;/h7-10,15-16,20,22H,3-6,11-14H2,1-2H3,(H,21,23);1H. The molecule has 8 heteroatoms. The van der Waals surface area contributed by atoms with Crippen LogP contribution >= 0.6 is 12.4 Å². The van der Waals surface area contributed by atoms with Crippen LogP contribution in [0.25, 0.3) is 0 Å². The van der Waals surface area contributed by atoms with Gasteiger partial charge in [0.25, 0.3) is 0 Å². The molecule has 2 rings (SSSR count). The molecule has 0 aliphatic carbocycles. The van der Waals surface area contributed by atoms with Gasteiger partial charge >= 0.3 is 0 Å². The van der Waals surface area contributed by atoms with Crippen molar-refractivity contribution in [3.8, 4) is 0 Å². The molecule has 2 atom stereocenters. The lowest BCUT2D eigenvalue weighted by molar-refractivity contribution is -0.117. The third-order valence-corrected chi connectivity index (χ3v) is 6.23. The topological polar surface area (TPSA) is 87.3 Å². The van der Waals surface area contributed by atoms with Gasteiger partial charge in [0, 0.05) is 17.8 Å². The van der Waals surface area contributed by atoms with Crippen LogP contribution in [0, 0.1) is 11.8 Å². The molecule has 0 spiro atoms. The summed E-state index contributed by atoms with van der Waals surface area (Å²) in [7, 11) is -3.30. The number of nitrogens with one attached hydrogen (secondary N) is 3. The molecule has 1 aromatic rings. The first-order valence-corrected chi connectivity index (χ1v) is 11.2. The zero-order chi connectivity index (χ0) is 19.0. The number of halogens is 1. The van der Waals surface area contributed by atoms with Crippen molar-refractivity contribution in [3.05, 3.63) is 24.3 Å². The van der Waals surface area contributed by atoms with Crippen LogP contribution in [0.4, 0.5) is 11.4 Å². The fraction of sp³-hybridized carbons (Fsp3) is 0.632. The summed E-state index contributed by atoms with van der Waals surface area (Å²) < 4.78 is 26.4. The van der Waals surface area contributed by atoms with Gasteiger partial charge in [0.2, 0.25) is 15.9 Å². The molecule has 1 heterocycles. The second kappa shape index (κ2) is 11.5. The van der Waals surface area contributed by atoms with E-state index < -0.39 is 10.0 Å². The molecule has 0 radical (unpaired) electrons. The van der Waals surface area contributed by atoms with E-state index in [2.05, 4.69) is 22.3 Å². The molecule has 1 saturated heterocycles. The maximum absolute atomic E-state index is 12.3. The van der Waals surface area contributed by atoms with E-state index >= 15 is 0 Å². The molecular formula is C19H32ClN3O3S. The third kappa shape index (κ3) is 8.49. The van der Waals surface area contributed by atoms with Gasteiger partial charge < -0.3 is 10.6 Å². The zero-order valence-corrected chi connectivity index (χ0v) is 17.8. The van der Waals surface area contributed by atoms with Crippen LogP contribution in [0.1, 0.15) is 46.0 Å². The molecule has 3 N–H and O–H groups in total. The highest BCUT2D eigenvalue weighted by Gasteiger charge is 2.22. The van der Waals surface area contributed by atoms with Gasteiger partial charge in [-0.2, -0.15) is 0 Å². The first-order valence-electron chi connectivity index (χ1n) is 9.50. The lowest BCUT2D eigenvalue weighted by Crippen LogP contribution is -2.34. The molecular weight excluding hydrogens is 386 g/mol. The number of rotatable bonds is 9. The molecule has 0 aromatic heterocycles. The van der Waals surface area contributed by atoms with Gasteiger partial charge in [-0.3, -0.25) is 9.52 Å². The highest BCUT2D eigenvalue weighted by atomic mass is 35.5. The normalized spacial score (nSPS) is 18.2. The SMILES string of the molecule is CCCCS(=O)(=O)Nc1ccc(NC(=O)CC(C)C2CCCNC2)cc1.Cl. The molecule has 1 aliphatic rings. The van der Waals surface area contributed by atoms with Gasteiger partial charge in [0.05, 0.1) is 5.75 Å². The number of hydrogen-bond acceptors (Lipinski definition) is 4. The molecule has 0 saturated carbocycles. The van der Waals surface area contributed by atoms with Crippen LogP contribution in [-0.2, 0) is 14.8 Å². The predicted molar refractivity (Wildman–Crippen MR) is 114 cm³/mol. The second-order valence-corrected chi connectivity index (χ2v) is 9.03. The quantitative estimate of drug-likeness (QED) is 0.572. The van der Waals surface area contributed by atoms with Gasteiger partial charge in [0.15, 0.2) is 0 Å². The number of benzene rings is 1. The van der Waals surface area contributed by atoms with Gasteiger partial charge in [-0.05, 0) is 68.5 Å². The number of amides is 1. The summed E-state index contributed by atoms with van der Waals surface area (Å²) >= 11 is 0. The van der Waals surface area contributed by atoms with Gasteiger partial charge in [-0.1, -0.05) is 20.3 Å². The Balaban J connectivity index is 0.00000364. The lowest BCUT2D eigenvalue weighted by atomic mass is 9.85. The summed E-state index contributed by atoms with van der Waals surface area (Å²) in [6, 6.07) is 6.80. The number of unbranched alkanes of at least 4 members (excludes halogenated alkanes) is 1. The predicted octanol–water partition coefficient (Wildman–Crippen LogP) is 3.61. The summed E-state index contributed by atoms with van der Waals surface area (Å²) in [5.74, 6) is 1.01. The maximum atomic E-state index is 12.3. The highest BCUT2D eigenvalue weighted by Crippen LogP contribution is 2.23. The van der Waals surface area contributed by atoms with Crippen LogP contribution in [0.3, 0.4) is 0 Å². The van der Waals surface area contributed by atoms with E-state index in [9.17, 15) is 13.2 Å². The van der Waals surface area contributed by atoms with Crippen molar-refractivity contribution in [2.45, 2.75) is 46.0 Å². The fourth-order valence-electron chi connectivity index (χ4n) is 3.22. The summed E-state index contributed by atoms with van der Waals surface area (Å²) in [5, 5.41) is 6.29. The van der Waals surface area contributed by atoms with Gasteiger partial charge in [-0.15, -0.1) is 12.4 Å². The lowest BCUT2D eigenvalue weighted by Gasteiger charge is -2.28. The Bertz CT molecular complexity index is 674. The average molecular weight is 418 g/mol.